The van der Waals surface area contributed by atoms with Crippen LogP contribution in [0.5, 0.6) is 0 Å². The number of halogens is 1. The first-order valence-electron chi connectivity index (χ1n) is 8.21. The van der Waals surface area contributed by atoms with Crippen LogP contribution in [0.15, 0.2) is 48.8 Å². The zero-order valence-electron chi connectivity index (χ0n) is 13.5. The van der Waals surface area contributed by atoms with E-state index in [0.717, 1.165) is 13.0 Å². The molecule has 5 nitrogen and oxygen atoms in total. The molecular formula is C18H22FN3O2. The third kappa shape index (κ3) is 4.35. The number of nitrogens with one attached hydrogen (secondary N) is 1. The molecule has 0 saturated carbocycles. The molecular weight excluding hydrogens is 309 g/mol. The van der Waals surface area contributed by atoms with E-state index >= 15 is 0 Å². The van der Waals surface area contributed by atoms with E-state index < -0.39 is 0 Å². The molecule has 1 saturated heterocycles. The van der Waals surface area contributed by atoms with Crippen LogP contribution < -0.4 is 5.32 Å². The maximum absolute atomic E-state index is 13.5. The fraction of sp³-hybridized carbons (Fsp3) is 0.389. The van der Waals surface area contributed by atoms with Crippen molar-refractivity contribution in [1.82, 2.24) is 14.8 Å². The highest BCUT2D eigenvalue weighted by molar-refractivity contribution is 5.75. The minimum absolute atomic E-state index is 0.0183. The van der Waals surface area contributed by atoms with Gasteiger partial charge in [-0.15, -0.1) is 0 Å². The average Bonchev–Trinajstić information content (AvgIpc) is 3.05. The van der Waals surface area contributed by atoms with Crippen LogP contribution in [-0.4, -0.2) is 41.2 Å². The Hall–Kier alpha value is -2.34. The summed E-state index contributed by atoms with van der Waals surface area (Å²) in [6.45, 7) is 2.88. The number of amides is 2. The van der Waals surface area contributed by atoms with Gasteiger partial charge in [-0.25, -0.2) is 9.18 Å². The minimum atomic E-state index is -0.255. The second-order valence-corrected chi connectivity index (χ2v) is 5.94. The number of hydrogen-bond donors (Lipinski definition) is 1. The van der Waals surface area contributed by atoms with E-state index in [4.69, 9.17) is 4.74 Å². The van der Waals surface area contributed by atoms with Gasteiger partial charge >= 0.3 is 6.03 Å². The number of rotatable bonds is 7. The van der Waals surface area contributed by atoms with Gasteiger partial charge in [0.2, 0.25) is 0 Å². The number of ether oxygens (including phenoxy) is 1. The minimum Gasteiger partial charge on any atom is -0.370 e. The van der Waals surface area contributed by atoms with E-state index in [1.807, 2.05) is 24.5 Å². The van der Waals surface area contributed by atoms with Crippen molar-refractivity contribution in [2.24, 2.45) is 0 Å². The highest BCUT2D eigenvalue weighted by atomic mass is 19.1. The van der Waals surface area contributed by atoms with Crippen LogP contribution in [0.1, 0.15) is 12.0 Å². The van der Waals surface area contributed by atoms with Gasteiger partial charge in [0.05, 0.1) is 25.8 Å². The number of carbonyl (C=O) groups is 1. The highest BCUT2D eigenvalue weighted by Gasteiger charge is 2.31. The molecule has 24 heavy (non-hydrogen) atoms. The molecule has 0 aliphatic carbocycles. The van der Waals surface area contributed by atoms with Crippen LogP contribution in [0.2, 0.25) is 0 Å². The second-order valence-electron chi connectivity index (χ2n) is 5.94. The van der Waals surface area contributed by atoms with Crippen molar-refractivity contribution < 1.29 is 13.9 Å². The van der Waals surface area contributed by atoms with E-state index in [2.05, 4.69) is 9.88 Å². The average molecular weight is 331 g/mol. The van der Waals surface area contributed by atoms with Crippen molar-refractivity contribution in [2.75, 3.05) is 19.6 Å². The standard InChI is InChI=1S/C18H22FN3O2/c19-17-7-2-1-6-15(17)14-24-16-12-22(13-16)18(23)20-8-5-11-21-9-3-4-10-21/h1-4,6-7,9-10,16H,5,8,11-14H2,(H,20,23). The molecule has 0 spiro atoms. The van der Waals surface area contributed by atoms with Crippen LogP contribution in [0, 0.1) is 5.82 Å². The van der Waals surface area contributed by atoms with Gasteiger partial charge < -0.3 is 19.5 Å². The molecule has 1 fully saturated rings. The Morgan fingerprint density at radius 1 is 1.21 bits per heavy atom. The smallest absolute Gasteiger partial charge is 0.317 e. The Kier molecular flexibility index (Phi) is 5.48. The van der Waals surface area contributed by atoms with E-state index in [-0.39, 0.29) is 24.6 Å². The maximum atomic E-state index is 13.5. The normalized spacial score (nSPS) is 14.5. The second kappa shape index (κ2) is 7.97. The van der Waals surface area contributed by atoms with Gasteiger partial charge in [0.15, 0.2) is 0 Å². The van der Waals surface area contributed by atoms with Crippen LogP contribution in [0.3, 0.4) is 0 Å². The van der Waals surface area contributed by atoms with E-state index in [1.54, 1.807) is 23.1 Å². The lowest BCUT2D eigenvalue weighted by molar-refractivity contribution is -0.0449. The van der Waals surface area contributed by atoms with Crippen molar-refractivity contribution in [3.8, 4) is 0 Å². The monoisotopic (exact) mass is 331 g/mol. The fourth-order valence-corrected chi connectivity index (χ4v) is 2.62. The molecule has 3 rings (SSSR count). The lowest BCUT2D eigenvalue weighted by atomic mass is 10.1. The Morgan fingerprint density at radius 3 is 2.71 bits per heavy atom. The first-order chi connectivity index (χ1) is 11.7. The molecule has 1 aromatic heterocycles. The fourth-order valence-electron chi connectivity index (χ4n) is 2.62. The number of benzene rings is 1. The lowest BCUT2D eigenvalue weighted by Crippen LogP contribution is -2.57. The molecule has 1 aromatic carbocycles. The summed E-state index contributed by atoms with van der Waals surface area (Å²) in [4.78, 5) is 13.7. The molecule has 2 aromatic rings. The topological polar surface area (TPSA) is 46.5 Å². The number of hydrogen-bond acceptors (Lipinski definition) is 2. The van der Waals surface area contributed by atoms with Crippen LogP contribution in [0.25, 0.3) is 0 Å². The van der Waals surface area contributed by atoms with Crippen molar-refractivity contribution in [1.29, 1.82) is 0 Å². The number of aryl methyl sites for hydroxylation is 1. The molecule has 0 atom stereocenters. The predicted octanol–water partition coefficient (Wildman–Crippen LogP) is 2.63. The number of nitrogens with zero attached hydrogens (tertiary/aromatic N) is 2. The van der Waals surface area contributed by atoms with Crippen molar-refractivity contribution in [3.63, 3.8) is 0 Å². The van der Waals surface area contributed by atoms with Crippen LogP contribution >= 0.6 is 0 Å². The molecule has 6 heteroatoms. The molecule has 0 radical (unpaired) electrons. The summed E-state index contributed by atoms with van der Waals surface area (Å²) in [6, 6.07) is 10.5. The first kappa shape index (κ1) is 16.5. The Balaban J connectivity index is 1.28. The molecule has 1 aliphatic rings. The van der Waals surface area contributed by atoms with Gasteiger partial charge in [0.1, 0.15) is 5.82 Å². The molecule has 128 valence electrons. The molecule has 0 bridgehead atoms. The lowest BCUT2D eigenvalue weighted by Gasteiger charge is -2.38. The van der Waals surface area contributed by atoms with E-state index in [1.165, 1.54) is 6.07 Å². The zero-order chi connectivity index (χ0) is 16.8. The summed E-state index contributed by atoms with van der Waals surface area (Å²) in [5, 5.41) is 2.91. The predicted molar refractivity (Wildman–Crippen MR) is 89.0 cm³/mol. The van der Waals surface area contributed by atoms with Gasteiger partial charge in [0.25, 0.3) is 0 Å². The van der Waals surface area contributed by atoms with E-state index in [9.17, 15) is 9.18 Å². The van der Waals surface area contributed by atoms with Gasteiger partial charge in [-0.2, -0.15) is 0 Å². The number of aromatic nitrogens is 1. The third-order valence-corrected chi connectivity index (χ3v) is 4.10. The van der Waals surface area contributed by atoms with Gasteiger partial charge in [-0.1, -0.05) is 18.2 Å². The van der Waals surface area contributed by atoms with E-state index in [0.29, 0.717) is 25.2 Å². The van der Waals surface area contributed by atoms with Gasteiger partial charge in [-0.3, -0.25) is 0 Å². The van der Waals surface area contributed by atoms with Crippen LogP contribution in [0.4, 0.5) is 9.18 Å². The zero-order valence-corrected chi connectivity index (χ0v) is 13.5. The first-order valence-corrected chi connectivity index (χ1v) is 8.21. The van der Waals surface area contributed by atoms with Crippen molar-refractivity contribution in [3.05, 3.63) is 60.2 Å². The molecule has 2 amide bonds. The van der Waals surface area contributed by atoms with Crippen molar-refractivity contribution >= 4 is 6.03 Å². The number of likely N-dealkylation sites (tertiary alicyclic amines) is 1. The van der Waals surface area contributed by atoms with Crippen LogP contribution in [-0.2, 0) is 17.9 Å². The summed E-state index contributed by atoms with van der Waals surface area (Å²) in [6.07, 6.45) is 4.89. The maximum Gasteiger partial charge on any atom is 0.317 e. The molecule has 0 unspecified atom stereocenters. The summed E-state index contributed by atoms with van der Waals surface area (Å²) in [5.41, 5.74) is 0.547. The largest absolute Gasteiger partial charge is 0.370 e. The Labute approximate surface area is 141 Å². The summed E-state index contributed by atoms with van der Waals surface area (Å²) >= 11 is 0. The van der Waals surface area contributed by atoms with Gasteiger partial charge in [0, 0.05) is 31.0 Å². The summed E-state index contributed by atoms with van der Waals surface area (Å²) in [5.74, 6) is -0.255. The van der Waals surface area contributed by atoms with Crippen molar-refractivity contribution in [2.45, 2.75) is 25.7 Å². The highest BCUT2D eigenvalue weighted by Crippen LogP contribution is 2.15. The summed E-state index contributed by atoms with van der Waals surface area (Å²) < 4.78 is 21.2. The third-order valence-electron chi connectivity index (χ3n) is 4.10. The van der Waals surface area contributed by atoms with Gasteiger partial charge in [-0.05, 0) is 24.6 Å². The quantitative estimate of drug-likeness (QED) is 0.793. The molecule has 1 N–H and O–H groups in total. The molecule has 1 aliphatic heterocycles. The summed E-state index contributed by atoms with van der Waals surface area (Å²) in [7, 11) is 0. The Morgan fingerprint density at radius 2 is 1.96 bits per heavy atom. The number of carbonyl (C=O) groups excluding carboxylic acids is 1. The Bertz CT molecular complexity index is 654. The number of urea groups is 1. The SMILES string of the molecule is O=C(NCCCn1cccc1)N1CC(OCc2ccccc2F)C1. The molecule has 2 heterocycles.